The Morgan fingerprint density at radius 3 is 2.62 bits per heavy atom. The zero-order valence-corrected chi connectivity index (χ0v) is 20.7. The summed E-state index contributed by atoms with van der Waals surface area (Å²) in [6.07, 6.45) is 3.97. The molecule has 0 saturated carbocycles. The first-order valence-corrected chi connectivity index (χ1v) is 9.84. The fourth-order valence-electron chi connectivity index (χ4n) is 2.99. The highest BCUT2D eigenvalue weighted by Crippen LogP contribution is 2.21. The molecule has 2 aromatic rings. The van der Waals surface area contributed by atoms with Crippen LogP contribution in [0.25, 0.3) is 0 Å². The van der Waals surface area contributed by atoms with Gasteiger partial charge in [0.1, 0.15) is 5.75 Å². The Morgan fingerprint density at radius 2 is 2.03 bits per heavy atom. The van der Waals surface area contributed by atoms with Crippen LogP contribution in [0.2, 0.25) is 0 Å². The van der Waals surface area contributed by atoms with Crippen molar-refractivity contribution in [3.8, 4) is 5.75 Å². The molecule has 1 aromatic heterocycles. The van der Waals surface area contributed by atoms with Gasteiger partial charge in [0.25, 0.3) is 0 Å². The average molecular weight is 514 g/mol. The van der Waals surface area contributed by atoms with Crippen LogP contribution in [0.5, 0.6) is 5.75 Å². The molecule has 0 radical (unpaired) electrons. The highest BCUT2D eigenvalue weighted by molar-refractivity contribution is 14.0. The molecule has 0 saturated heterocycles. The van der Waals surface area contributed by atoms with Gasteiger partial charge in [-0.15, -0.1) is 24.0 Å². The Hall–Kier alpha value is -1.81. The van der Waals surface area contributed by atoms with Crippen LogP contribution in [0.15, 0.2) is 35.6 Å². The molecule has 0 fully saturated rings. The van der Waals surface area contributed by atoms with Gasteiger partial charge in [-0.2, -0.15) is 5.10 Å². The van der Waals surface area contributed by atoms with Gasteiger partial charge in [-0.25, -0.2) is 4.99 Å². The van der Waals surface area contributed by atoms with Crippen molar-refractivity contribution in [2.75, 3.05) is 33.8 Å². The van der Waals surface area contributed by atoms with Crippen molar-refractivity contribution in [1.82, 2.24) is 25.3 Å². The molecular weight excluding hydrogens is 479 g/mol. The zero-order valence-electron chi connectivity index (χ0n) is 18.4. The van der Waals surface area contributed by atoms with Crippen molar-refractivity contribution in [2.24, 2.45) is 12.0 Å². The van der Waals surface area contributed by atoms with E-state index in [4.69, 9.17) is 9.73 Å². The lowest BCUT2D eigenvalue weighted by Crippen LogP contribution is -2.41. The highest BCUT2D eigenvalue weighted by atomic mass is 127. The molecule has 29 heavy (non-hydrogen) atoms. The molecule has 2 rings (SSSR count). The largest absolute Gasteiger partial charge is 0.494 e. The summed E-state index contributed by atoms with van der Waals surface area (Å²) in [4.78, 5) is 6.94. The summed E-state index contributed by atoms with van der Waals surface area (Å²) in [5.74, 6) is 1.70. The smallest absolute Gasteiger partial charge is 0.191 e. The maximum atomic E-state index is 5.77. The first-order valence-electron chi connectivity index (χ1n) is 9.84. The van der Waals surface area contributed by atoms with Crippen molar-refractivity contribution in [3.63, 3.8) is 0 Å². The van der Waals surface area contributed by atoms with E-state index in [1.807, 2.05) is 24.9 Å². The number of nitrogens with one attached hydrogen (secondary N) is 2. The first-order chi connectivity index (χ1) is 13.4. The Morgan fingerprint density at radius 1 is 1.28 bits per heavy atom. The van der Waals surface area contributed by atoms with Gasteiger partial charge < -0.3 is 20.3 Å². The second-order valence-corrected chi connectivity index (χ2v) is 7.05. The number of aliphatic imine (C=N–C) groups is 1. The number of benzene rings is 1. The van der Waals surface area contributed by atoms with Crippen LogP contribution in [-0.2, 0) is 13.6 Å². The summed E-state index contributed by atoms with van der Waals surface area (Å²) in [5.41, 5.74) is 3.44. The minimum Gasteiger partial charge on any atom is -0.494 e. The van der Waals surface area contributed by atoms with Gasteiger partial charge in [0.05, 0.1) is 25.4 Å². The molecule has 0 amide bonds. The van der Waals surface area contributed by atoms with Gasteiger partial charge in [0.15, 0.2) is 5.96 Å². The summed E-state index contributed by atoms with van der Waals surface area (Å²) in [7, 11) is 6.08. The number of guanidine groups is 1. The molecule has 2 N–H and O–H groups in total. The van der Waals surface area contributed by atoms with E-state index in [1.54, 1.807) is 0 Å². The predicted octanol–water partition coefficient (Wildman–Crippen LogP) is 3.10. The summed E-state index contributed by atoms with van der Waals surface area (Å²) in [5, 5.41) is 11.1. The summed E-state index contributed by atoms with van der Waals surface area (Å²) >= 11 is 0. The van der Waals surface area contributed by atoms with Crippen molar-refractivity contribution in [1.29, 1.82) is 0 Å². The van der Waals surface area contributed by atoms with E-state index in [9.17, 15) is 0 Å². The minimum atomic E-state index is 0. The summed E-state index contributed by atoms with van der Waals surface area (Å²) < 4.78 is 7.61. The normalized spacial score (nSPS) is 12.4. The Labute approximate surface area is 191 Å². The quantitative estimate of drug-likeness (QED) is 0.306. The molecule has 7 nitrogen and oxygen atoms in total. The fourth-order valence-corrected chi connectivity index (χ4v) is 2.99. The number of nitrogens with zero attached hydrogens (tertiary/aromatic N) is 4. The van der Waals surface area contributed by atoms with E-state index in [-0.39, 0.29) is 30.0 Å². The Bertz CT molecular complexity index is 774. The highest BCUT2D eigenvalue weighted by Gasteiger charge is 2.16. The number of likely N-dealkylation sites (N-methyl/N-ethyl adjacent to an activating group) is 1. The lowest BCUT2D eigenvalue weighted by Gasteiger charge is -2.24. The number of aromatic nitrogens is 2. The van der Waals surface area contributed by atoms with Crippen molar-refractivity contribution < 1.29 is 4.74 Å². The molecule has 1 aromatic carbocycles. The first kappa shape index (κ1) is 25.2. The van der Waals surface area contributed by atoms with Crippen LogP contribution in [0.4, 0.5) is 0 Å². The SMILES string of the molecule is CCNC(=NCc1ccc(C)cc1OCC)NCC(c1cnn(C)c1)N(C)C.I. The standard InChI is InChI=1S/C21H34N6O.HI/c1-7-22-21(23-12-17-10-9-16(3)11-20(17)28-8-2)24-14-19(26(4)5)18-13-25-27(6)15-18;/h9-11,13,15,19H,7-8,12,14H2,1-6H3,(H2,22,23,24);1H. The number of halogens is 1. The molecular formula is C21H35IN6O. The molecule has 1 heterocycles. The van der Waals surface area contributed by atoms with Gasteiger partial charge in [-0.1, -0.05) is 12.1 Å². The van der Waals surface area contributed by atoms with Gasteiger partial charge in [0.2, 0.25) is 0 Å². The van der Waals surface area contributed by atoms with Crippen LogP contribution >= 0.6 is 24.0 Å². The molecule has 0 spiro atoms. The van der Waals surface area contributed by atoms with Crippen LogP contribution < -0.4 is 15.4 Å². The summed E-state index contributed by atoms with van der Waals surface area (Å²) in [6.45, 7) is 8.88. The molecule has 0 aliphatic rings. The van der Waals surface area contributed by atoms with Gasteiger partial charge >= 0.3 is 0 Å². The number of hydrogen-bond donors (Lipinski definition) is 2. The molecule has 162 valence electrons. The Kier molecular flexibility index (Phi) is 11.0. The van der Waals surface area contributed by atoms with E-state index < -0.39 is 0 Å². The fraction of sp³-hybridized carbons (Fsp3) is 0.524. The van der Waals surface area contributed by atoms with Gasteiger partial charge in [0, 0.05) is 37.5 Å². The van der Waals surface area contributed by atoms with Crippen LogP contribution in [-0.4, -0.2) is 54.4 Å². The minimum absolute atomic E-state index is 0. The summed E-state index contributed by atoms with van der Waals surface area (Å²) in [6, 6.07) is 6.46. The lowest BCUT2D eigenvalue weighted by atomic mass is 10.1. The third-order valence-electron chi connectivity index (χ3n) is 4.47. The maximum absolute atomic E-state index is 5.77. The lowest BCUT2D eigenvalue weighted by molar-refractivity contribution is 0.298. The van der Waals surface area contributed by atoms with Gasteiger partial charge in [-0.05, 0) is 46.5 Å². The second-order valence-electron chi connectivity index (χ2n) is 7.05. The van der Waals surface area contributed by atoms with E-state index in [0.717, 1.165) is 30.4 Å². The number of aryl methyl sites for hydroxylation is 2. The molecule has 0 aliphatic carbocycles. The van der Waals surface area contributed by atoms with E-state index in [0.29, 0.717) is 13.2 Å². The van der Waals surface area contributed by atoms with Crippen LogP contribution in [0.3, 0.4) is 0 Å². The number of rotatable bonds is 9. The van der Waals surface area contributed by atoms with Gasteiger partial charge in [-0.3, -0.25) is 4.68 Å². The molecule has 0 aliphatic heterocycles. The predicted molar refractivity (Wildman–Crippen MR) is 130 cm³/mol. The van der Waals surface area contributed by atoms with Crippen LogP contribution in [0.1, 0.15) is 36.6 Å². The zero-order chi connectivity index (χ0) is 20.5. The molecule has 1 unspecified atom stereocenters. The average Bonchev–Trinajstić information content (AvgIpc) is 3.07. The number of ether oxygens (including phenoxy) is 1. The van der Waals surface area contributed by atoms with E-state index >= 15 is 0 Å². The van der Waals surface area contributed by atoms with E-state index in [1.165, 1.54) is 11.1 Å². The third kappa shape index (κ3) is 7.85. The van der Waals surface area contributed by atoms with Crippen molar-refractivity contribution >= 4 is 29.9 Å². The molecule has 1 atom stereocenters. The van der Waals surface area contributed by atoms with Crippen molar-refractivity contribution in [2.45, 2.75) is 33.4 Å². The maximum Gasteiger partial charge on any atom is 0.191 e. The van der Waals surface area contributed by atoms with Crippen LogP contribution in [0, 0.1) is 6.92 Å². The second kappa shape index (κ2) is 12.7. The molecule has 0 bridgehead atoms. The monoisotopic (exact) mass is 514 g/mol. The third-order valence-corrected chi connectivity index (χ3v) is 4.47. The molecule has 8 heteroatoms. The Balaban J connectivity index is 0.00000420. The topological polar surface area (TPSA) is 66.7 Å². The van der Waals surface area contributed by atoms with Crippen molar-refractivity contribution in [3.05, 3.63) is 47.3 Å². The number of hydrogen-bond acceptors (Lipinski definition) is 4. The van der Waals surface area contributed by atoms with E-state index in [2.05, 4.69) is 73.0 Å².